The molecule has 0 spiro atoms. The molecule has 0 unspecified atom stereocenters. The minimum Gasteiger partial charge on any atom is -0.312 e. The summed E-state index contributed by atoms with van der Waals surface area (Å²) in [7, 11) is 0. The van der Waals surface area contributed by atoms with Crippen LogP contribution in [0.3, 0.4) is 0 Å². The largest absolute Gasteiger partial charge is 0.312 e. The first-order valence-corrected chi connectivity index (χ1v) is 6.33. The zero-order valence-corrected chi connectivity index (χ0v) is 10.8. The van der Waals surface area contributed by atoms with Crippen LogP contribution in [-0.4, -0.2) is 11.5 Å². The van der Waals surface area contributed by atoms with Crippen LogP contribution >= 0.6 is 0 Å². The fourth-order valence-corrected chi connectivity index (χ4v) is 2.31. The second-order valence-corrected chi connectivity index (χ2v) is 5.31. The molecule has 2 nitrogen and oxygen atoms in total. The third-order valence-corrected chi connectivity index (χ3v) is 3.28. The van der Waals surface area contributed by atoms with Crippen LogP contribution in [0, 0.1) is 0 Å². The lowest BCUT2D eigenvalue weighted by atomic mass is 9.92. The van der Waals surface area contributed by atoms with Crippen molar-refractivity contribution >= 4 is 0 Å². The fourth-order valence-electron chi connectivity index (χ4n) is 2.31. The Bertz CT molecular complexity index is 381. The van der Waals surface area contributed by atoms with Crippen LogP contribution in [0.15, 0.2) is 6.07 Å². The molecule has 0 saturated heterocycles. The van der Waals surface area contributed by atoms with E-state index in [-0.39, 0.29) is 0 Å². The maximum Gasteiger partial charge on any atom is 0.0480 e. The summed E-state index contributed by atoms with van der Waals surface area (Å²) in [4.78, 5) is 4.85. The van der Waals surface area contributed by atoms with Gasteiger partial charge in [0.2, 0.25) is 0 Å². The molecule has 2 heteroatoms. The van der Waals surface area contributed by atoms with Crippen molar-refractivity contribution in [2.45, 2.75) is 52.5 Å². The van der Waals surface area contributed by atoms with Crippen LogP contribution in [0.25, 0.3) is 0 Å². The van der Waals surface area contributed by atoms with Gasteiger partial charge in [-0.2, -0.15) is 0 Å². The summed E-state index contributed by atoms with van der Waals surface area (Å²) < 4.78 is 0. The lowest BCUT2D eigenvalue weighted by molar-refractivity contribution is 0.617. The highest BCUT2D eigenvalue weighted by Gasteiger charge is 2.18. The Morgan fingerprint density at radius 3 is 2.56 bits per heavy atom. The second-order valence-electron chi connectivity index (χ2n) is 5.31. The van der Waals surface area contributed by atoms with Gasteiger partial charge in [0.05, 0.1) is 0 Å². The van der Waals surface area contributed by atoms with Crippen molar-refractivity contribution in [2.75, 3.05) is 6.54 Å². The maximum atomic E-state index is 4.85. The first kappa shape index (κ1) is 11.6. The van der Waals surface area contributed by atoms with E-state index in [1.54, 1.807) is 0 Å². The van der Waals surface area contributed by atoms with E-state index in [9.17, 15) is 0 Å². The molecule has 0 amide bonds. The molecule has 0 atom stereocenters. The van der Waals surface area contributed by atoms with Crippen LogP contribution < -0.4 is 5.32 Å². The average Bonchev–Trinajstić information content (AvgIpc) is 2.27. The van der Waals surface area contributed by atoms with Gasteiger partial charge < -0.3 is 5.32 Å². The summed E-state index contributed by atoms with van der Waals surface area (Å²) in [6.45, 7) is 11.0. The summed E-state index contributed by atoms with van der Waals surface area (Å²) in [5.41, 5.74) is 5.52. The molecule has 0 saturated carbocycles. The van der Waals surface area contributed by atoms with Gasteiger partial charge in [-0.3, -0.25) is 4.98 Å². The first-order chi connectivity index (χ1) is 7.59. The van der Waals surface area contributed by atoms with Crippen molar-refractivity contribution in [1.82, 2.24) is 10.3 Å². The molecule has 1 N–H and O–H groups in total. The highest BCUT2D eigenvalue weighted by Crippen LogP contribution is 2.26. The minimum absolute atomic E-state index is 0.521. The number of pyridine rings is 1. The molecule has 1 aromatic heterocycles. The number of nitrogens with zero attached hydrogens (tertiary/aromatic N) is 1. The van der Waals surface area contributed by atoms with Crippen molar-refractivity contribution in [3.8, 4) is 0 Å². The first-order valence-electron chi connectivity index (χ1n) is 6.33. The van der Waals surface area contributed by atoms with Crippen molar-refractivity contribution in [1.29, 1.82) is 0 Å². The summed E-state index contributed by atoms with van der Waals surface area (Å²) in [5.74, 6) is 1.05. The third kappa shape index (κ3) is 2.12. The summed E-state index contributed by atoms with van der Waals surface area (Å²) in [5, 5.41) is 3.44. The van der Waals surface area contributed by atoms with Gasteiger partial charge in [0.15, 0.2) is 0 Å². The lowest BCUT2D eigenvalue weighted by Crippen LogP contribution is -2.26. The summed E-state index contributed by atoms with van der Waals surface area (Å²) in [6.07, 6.45) is 1.15. The van der Waals surface area contributed by atoms with Crippen LogP contribution in [0.4, 0.5) is 0 Å². The highest BCUT2D eigenvalue weighted by molar-refractivity contribution is 5.37. The topological polar surface area (TPSA) is 24.9 Å². The van der Waals surface area contributed by atoms with Gasteiger partial charge in [0, 0.05) is 17.9 Å². The molecule has 0 bridgehead atoms. The Kier molecular flexibility index (Phi) is 3.29. The van der Waals surface area contributed by atoms with Crippen LogP contribution in [-0.2, 0) is 13.0 Å². The monoisotopic (exact) mass is 218 g/mol. The number of aromatic nitrogens is 1. The van der Waals surface area contributed by atoms with Gasteiger partial charge in [-0.15, -0.1) is 0 Å². The van der Waals surface area contributed by atoms with Gasteiger partial charge in [-0.05, 0) is 42.0 Å². The number of hydrogen-bond donors (Lipinski definition) is 1. The van der Waals surface area contributed by atoms with Crippen LogP contribution in [0.1, 0.15) is 62.0 Å². The molecule has 1 aromatic rings. The average molecular weight is 218 g/mol. The van der Waals surface area contributed by atoms with Crippen molar-refractivity contribution in [3.63, 3.8) is 0 Å². The summed E-state index contributed by atoms with van der Waals surface area (Å²) in [6, 6.07) is 2.31. The normalized spacial score (nSPS) is 15.6. The zero-order chi connectivity index (χ0) is 11.7. The zero-order valence-electron chi connectivity index (χ0n) is 10.8. The molecule has 2 rings (SSSR count). The number of hydrogen-bond acceptors (Lipinski definition) is 2. The number of nitrogens with one attached hydrogen (secondary N) is 1. The molecule has 16 heavy (non-hydrogen) atoms. The van der Waals surface area contributed by atoms with Crippen molar-refractivity contribution < 1.29 is 0 Å². The van der Waals surface area contributed by atoms with Gasteiger partial charge in [-0.25, -0.2) is 0 Å². The quantitative estimate of drug-likeness (QED) is 0.825. The van der Waals surface area contributed by atoms with Crippen LogP contribution in [0.2, 0.25) is 0 Å². The molecular weight excluding hydrogens is 196 g/mol. The molecule has 0 fully saturated rings. The Morgan fingerprint density at radius 2 is 1.94 bits per heavy atom. The lowest BCUT2D eigenvalue weighted by Gasteiger charge is -2.23. The molecule has 0 aliphatic carbocycles. The smallest absolute Gasteiger partial charge is 0.0480 e. The Labute approximate surface area is 98.5 Å². The fraction of sp³-hybridized carbons (Fsp3) is 0.643. The summed E-state index contributed by atoms with van der Waals surface area (Å²) >= 11 is 0. The third-order valence-electron chi connectivity index (χ3n) is 3.28. The van der Waals surface area contributed by atoms with Gasteiger partial charge in [-0.1, -0.05) is 27.7 Å². The van der Waals surface area contributed by atoms with Crippen LogP contribution in [0.5, 0.6) is 0 Å². The molecule has 2 heterocycles. The van der Waals surface area contributed by atoms with E-state index in [0.29, 0.717) is 11.8 Å². The molecule has 88 valence electrons. The predicted molar refractivity (Wildman–Crippen MR) is 67.8 cm³/mol. The van der Waals surface area contributed by atoms with Gasteiger partial charge in [0.25, 0.3) is 0 Å². The SMILES string of the molecule is CC(C)c1cc2c(c(C(C)C)n1)CNCC2. The Hall–Kier alpha value is -0.890. The molecule has 1 aliphatic rings. The van der Waals surface area contributed by atoms with E-state index in [1.807, 2.05) is 0 Å². The van der Waals surface area contributed by atoms with E-state index in [2.05, 4.69) is 39.1 Å². The predicted octanol–water partition coefficient (Wildman–Crippen LogP) is 2.97. The Morgan fingerprint density at radius 1 is 1.19 bits per heavy atom. The number of fused-ring (bicyclic) bond motifs is 1. The van der Waals surface area contributed by atoms with E-state index >= 15 is 0 Å². The molecule has 1 aliphatic heterocycles. The van der Waals surface area contributed by atoms with Crippen molar-refractivity contribution in [2.24, 2.45) is 0 Å². The van der Waals surface area contributed by atoms with Gasteiger partial charge >= 0.3 is 0 Å². The van der Waals surface area contributed by atoms with E-state index in [4.69, 9.17) is 4.98 Å². The number of rotatable bonds is 2. The second kappa shape index (κ2) is 4.54. The van der Waals surface area contributed by atoms with Crippen molar-refractivity contribution in [3.05, 3.63) is 28.6 Å². The highest BCUT2D eigenvalue weighted by atomic mass is 14.9. The standard InChI is InChI=1S/C14H22N2/c1-9(2)13-7-11-5-6-15-8-12(11)14(16-13)10(3)4/h7,9-10,15H,5-6,8H2,1-4H3. The molecular formula is C14H22N2. The van der Waals surface area contributed by atoms with Gasteiger partial charge in [0.1, 0.15) is 0 Å². The minimum atomic E-state index is 0.521. The molecule has 0 radical (unpaired) electrons. The maximum absolute atomic E-state index is 4.85. The van der Waals surface area contributed by atoms with E-state index in [1.165, 1.54) is 22.5 Å². The Balaban J connectivity index is 2.52. The van der Waals surface area contributed by atoms with E-state index in [0.717, 1.165) is 19.5 Å². The molecule has 0 aromatic carbocycles. The van der Waals surface area contributed by atoms with E-state index < -0.39 is 0 Å².